The van der Waals surface area contributed by atoms with Gasteiger partial charge in [-0.2, -0.15) is 4.98 Å². The van der Waals surface area contributed by atoms with Crippen LogP contribution in [0.1, 0.15) is 13.8 Å². The number of nitrogens with two attached hydrogens (primary N) is 1. The number of morpholine rings is 1. The van der Waals surface area contributed by atoms with Crippen LogP contribution in [0.5, 0.6) is 0 Å². The third-order valence-electron chi connectivity index (χ3n) is 2.57. The average molecular weight is 241 g/mol. The average Bonchev–Trinajstić information content (AvgIpc) is 2.28. The van der Waals surface area contributed by atoms with Crippen LogP contribution in [-0.4, -0.2) is 35.3 Å². The van der Waals surface area contributed by atoms with Crippen molar-refractivity contribution in [2.75, 3.05) is 23.4 Å². The third kappa shape index (κ3) is 2.62. The second kappa shape index (κ2) is 4.80. The van der Waals surface area contributed by atoms with Crippen molar-refractivity contribution < 1.29 is 9.13 Å². The van der Waals surface area contributed by atoms with Crippen LogP contribution in [0.25, 0.3) is 0 Å². The Morgan fingerprint density at radius 2 is 2.12 bits per heavy atom. The van der Waals surface area contributed by atoms with Gasteiger partial charge in [-0.3, -0.25) is 5.43 Å². The zero-order valence-corrected chi connectivity index (χ0v) is 9.85. The SMILES string of the molecule is C[C@@H]1CN(c2nc(NN)ncc2F)C[C@H](C)O1. The fraction of sp³-hybridized carbons (Fsp3) is 0.600. The first kappa shape index (κ1) is 12.0. The number of hydrogen-bond donors (Lipinski definition) is 2. The predicted octanol–water partition coefficient (Wildman–Crippen LogP) is 0.515. The molecular formula is C10H16FN5O. The van der Waals surface area contributed by atoms with E-state index in [1.807, 2.05) is 18.7 Å². The summed E-state index contributed by atoms with van der Waals surface area (Å²) in [5.74, 6) is 5.22. The third-order valence-corrected chi connectivity index (χ3v) is 2.57. The van der Waals surface area contributed by atoms with Crippen LogP contribution in [0.15, 0.2) is 6.20 Å². The highest BCUT2D eigenvalue weighted by molar-refractivity contribution is 5.44. The highest BCUT2D eigenvalue weighted by atomic mass is 19.1. The smallest absolute Gasteiger partial charge is 0.239 e. The lowest BCUT2D eigenvalue weighted by Crippen LogP contribution is -2.46. The Morgan fingerprint density at radius 3 is 2.71 bits per heavy atom. The quantitative estimate of drug-likeness (QED) is 0.580. The van der Waals surface area contributed by atoms with E-state index in [9.17, 15) is 4.39 Å². The number of ether oxygens (including phenoxy) is 1. The molecule has 1 aromatic rings. The number of rotatable bonds is 2. The lowest BCUT2D eigenvalue weighted by atomic mass is 10.2. The summed E-state index contributed by atoms with van der Waals surface area (Å²) in [6, 6.07) is 0. The molecule has 2 heterocycles. The van der Waals surface area contributed by atoms with Crippen LogP contribution in [0.2, 0.25) is 0 Å². The van der Waals surface area contributed by atoms with Gasteiger partial charge >= 0.3 is 0 Å². The molecule has 1 aliphatic heterocycles. The standard InChI is InChI=1S/C10H16FN5O/c1-6-4-16(5-7(2)17-6)9-8(11)3-13-10(14-9)15-12/h3,6-7H,4-5,12H2,1-2H3,(H,13,14,15)/t6-,7+. The summed E-state index contributed by atoms with van der Waals surface area (Å²) >= 11 is 0. The van der Waals surface area contributed by atoms with Gasteiger partial charge in [0.25, 0.3) is 0 Å². The molecular weight excluding hydrogens is 225 g/mol. The first-order valence-electron chi connectivity index (χ1n) is 5.49. The second-order valence-electron chi connectivity index (χ2n) is 4.17. The highest BCUT2D eigenvalue weighted by Crippen LogP contribution is 2.21. The van der Waals surface area contributed by atoms with E-state index in [1.165, 1.54) is 0 Å². The Bertz CT molecular complexity index is 392. The Labute approximate surface area is 99.0 Å². The van der Waals surface area contributed by atoms with Crippen LogP contribution in [0, 0.1) is 5.82 Å². The maximum absolute atomic E-state index is 13.7. The van der Waals surface area contributed by atoms with Crippen molar-refractivity contribution in [1.82, 2.24) is 9.97 Å². The van der Waals surface area contributed by atoms with E-state index in [-0.39, 0.29) is 24.0 Å². The molecule has 94 valence electrons. The Morgan fingerprint density at radius 1 is 1.47 bits per heavy atom. The topological polar surface area (TPSA) is 76.3 Å². The summed E-state index contributed by atoms with van der Waals surface area (Å²) in [6.07, 6.45) is 1.20. The Balaban J connectivity index is 2.26. The second-order valence-corrected chi connectivity index (χ2v) is 4.17. The molecule has 2 rings (SSSR count). The van der Waals surface area contributed by atoms with Crippen LogP contribution in [-0.2, 0) is 4.74 Å². The van der Waals surface area contributed by atoms with Gasteiger partial charge in [-0.15, -0.1) is 0 Å². The van der Waals surface area contributed by atoms with Crippen molar-refractivity contribution in [1.29, 1.82) is 0 Å². The molecule has 0 aliphatic carbocycles. The minimum Gasteiger partial charge on any atom is -0.372 e. The molecule has 0 radical (unpaired) electrons. The zero-order chi connectivity index (χ0) is 12.4. The maximum atomic E-state index is 13.7. The molecule has 3 N–H and O–H groups in total. The van der Waals surface area contributed by atoms with E-state index in [0.29, 0.717) is 13.1 Å². The number of nitrogens with one attached hydrogen (secondary N) is 1. The van der Waals surface area contributed by atoms with Crippen molar-refractivity contribution in [3.63, 3.8) is 0 Å². The Hall–Kier alpha value is -1.47. The van der Waals surface area contributed by atoms with Gasteiger partial charge in [-0.05, 0) is 13.8 Å². The maximum Gasteiger partial charge on any atom is 0.239 e. The van der Waals surface area contributed by atoms with E-state index in [4.69, 9.17) is 10.6 Å². The van der Waals surface area contributed by atoms with Gasteiger partial charge in [0.2, 0.25) is 5.95 Å². The molecule has 2 atom stereocenters. The first-order chi connectivity index (χ1) is 8.10. The molecule has 0 bridgehead atoms. The van der Waals surface area contributed by atoms with Gasteiger partial charge in [0.1, 0.15) is 0 Å². The minimum absolute atomic E-state index is 0.0439. The number of halogens is 1. The van der Waals surface area contributed by atoms with Crippen molar-refractivity contribution in [2.45, 2.75) is 26.1 Å². The number of hydrazine groups is 1. The number of anilines is 2. The van der Waals surface area contributed by atoms with Crippen LogP contribution in [0.4, 0.5) is 16.2 Å². The van der Waals surface area contributed by atoms with Crippen molar-refractivity contribution >= 4 is 11.8 Å². The van der Waals surface area contributed by atoms with Gasteiger partial charge in [-0.25, -0.2) is 15.2 Å². The molecule has 17 heavy (non-hydrogen) atoms. The van der Waals surface area contributed by atoms with Crippen LogP contribution < -0.4 is 16.2 Å². The van der Waals surface area contributed by atoms with Crippen molar-refractivity contribution in [3.05, 3.63) is 12.0 Å². The number of aromatic nitrogens is 2. The fourth-order valence-electron chi connectivity index (χ4n) is 2.00. The number of hydrogen-bond acceptors (Lipinski definition) is 6. The van der Waals surface area contributed by atoms with Crippen molar-refractivity contribution in [3.8, 4) is 0 Å². The van der Waals surface area contributed by atoms with E-state index in [2.05, 4.69) is 15.4 Å². The largest absolute Gasteiger partial charge is 0.372 e. The highest BCUT2D eigenvalue weighted by Gasteiger charge is 2.25. The number of nitrogens with zero attached hydrogens (tertiary/aromatic N) is 3. The van der Waals surface area contributed by atoms with Gasteiger partial charge in [-0.1, -0.05) is 0 Å². The first-order valence-corrected chi connectivity index (χ1v) is 5.49. The molecule has 6 nitrogen and oxygen atoms in total. The molecule has 0 aromatic carbocycles. The fourth-order valence-corrected chi connectivity index (χ4v) is 2.00. The van der Waals surface area contributed by atoms with Crippen molar-refractivity contribution in [2.24, 2.45) is 5.84 Å². The lowest BCUT2D eigenvalue weighted by molar-refractivity contribution is -0.00565. The predicted molar refractivity (Wildman–Crippen MR) is 62.0 cm³/mol. The van der Waals surface area contributed by atoms with Gasteiger partial charge in [0, 0.05) is 13.1 Å². The van der Waals surface area contributed by atoms with Gasteiger partial charge < -0.3 is 9.64 Å². The molecule has 0 spiro atoms. The minimum atomic E-state index is -0.453. The zero-order valence-electron chi connectivity index (χ0n) is 9.85. The number of nitrogen functional groups attached to an aromatic ring is 1. The van der Waals surface area contributed by atoms with Crippen LogP contribution >= 0.6 is 0 Å². The van der Waals surface area contributed by atoms with E-state index in [0.717, 1.165) is 6.20 Å². The summed E-state index contributed by atoms with van der Waals surface area (Å²) in [7, 11) is 0. The molecule has 1 aliphatic rings. The molecule has 0 saturated carbocycles. The normalized spacial score (nSPS) is 24.8. The molecule has 0 unspecified atom stereocenters. The summed E-state index contributed by atoms with van der Waals surface area (Å²) in [5.41, 5.74) is 2.31. The molecule has 1 saturated heterocycles. The van der Waals surface area contributed by atoms with Crippen LogP contribution in [0.3, 0.4) is 0 Å². The molecule has 0 amide bonds. The van der Waals surface area contributed by atoms with Gasteiger partial charge in [0.15, 0.2) is 11.6 Å². The summed E-state index contributed by atoms with van der Waals surface area (Å²) in [6.45, 7) is 5.10. The summed E-state index contributed by atoms with van der Waals surface area (Å²) < 4.78 is 19.3. The van der Waals surface area contributed by atoms with E-state index >= 15 is 0 Å². The summed E-state index contributed by atoms with van der Waals surface area (Å²) in [5, 5.41) is 0. The monoisotopic (exact) mass is 241 g/mol. The molecule has 1 fully saturated rings. The van der Waals surface area contributed by atoms with E-state index < -0.39 is 5.82 Å². The lowest BCUT2D eigenvalue weighted by Gasteiger charge is -2.36. The molecule has 7 heteroatoms. The van der Waals surface area contributed by atoms with E-state index in [1.54, 1.807) is 0 Å². The Kier molecular flexibility index (Phi) is 3.39. The van der Waals surface area contributed by atoms with Gasteiger partial charge in [0.05, 0.1) is 18.4 Å². The molecule has 1 aromatic heterocycles. The summed E-state index contributed by atoms with van der Waals surface area (Å²) in [4.78, 5) is 9.59.